The maximum atomic E-state index is 12.5. The van der Waals surface area contributed by atoms with Crippen molar-refractivity contribution in [3.63, 3.8) is 0 Å². The van der Waals surface area contributed by atoms with Gasteiger partial charge in [0.1, 0.15) is 0 Å². The van der Waals surface area contributed by atoms with Crippen LogP contribution in [0.1, 0.15) is 90.9 Å². The van der Waals surface area contributed by atoms with Gasteiger partial charge in [0.25, 0.3) is 0 Å². The van der Waals surface area contributed by atoms with Gasteiger partial charge in [-0.3, -0.25) is 0 Å². The van der Waals surface area contributed by atoms with Gasteiger partial charge in [-0.2, -0.15) is 24.4 Å². The van der Waals surface area contributed by atoms with E-state index in [4.69, 9.17) is 0 Å². The van der Waals surface area contributed by atoms with Gasteiger partial charge in [-0.05, 0) is 95.1 Å². The molecule has 0 aromatic heterocycles. The van der Waals surface area contributed by atoms with Crippen molar-refractivity contribution < 1.29 is 8.42 Å². The van der Waals surface area contributed by atoms with Crippen LogP contribution in [0.15, 0.2) is 0 Å². The Balaban J connectivity index is 0.000000228. The van der Waals surface area contributed by atoms with Gasteiger partial charge in [-0.15, -0.1) is 0 Å². The minimum atomic E-state index is -2.87. The largest absolute Gasteiger partial charge is 0.228 e. The Bertz CT molecular complexity index is 453. The summed E-state index contributed by atoms with van der Waals surface area (Å²) in [5.41, 5.74) is 0. The summed E-state index contributed by atoms with van der Waals surface area (Å²) in [6, 6.07) is 0. The van der Waals surface area contributed by atoms with E-state index < -0.39 is 9.84 Å². The molecule has 3 aliphatic carbocycles. The van der Waals surface area contributed by atoms with E-state index in [2.05, 4.69) is 32.7 Å². The molecule has 26 heavy (non-hydrogen) atoms. The van der Waals surface area contributed by atoms with Crippen LogP contribution in [0, 0.1) is 11.8 Å². The summed E-state index contributed by atoms with van der Waals surface area (Å²) in [4.78, 5) is 0. The molecule has 5 heteroatoms. The van der Waals surface area contributed by atoms with Crippen LogP contribution in [0.5, 0.6) is 0 Å². The Morgan fingerprint density at radius 1 is 0.692 bits per heavy atom. The lowest BCUT2D eigenvalue weighted by Crippen LogP contribution is -2.37. The lowest BCUT2D eigenvalue weighted by atomic mass is 9.91. The van der Waals surface area contributed by atoms with Crippen molar-refractivity contribution in [2.45, 2.75) is 112 Å². The second-order valence-electron chi connectivity index (χ2n) is 9.02. The molecule has 0 unspecified atom stereocenters. The van der Waals surface area contributed by atoms with Crippen LogP contribution in [0.4, 0.5) is 0 Å². The smallest absolute Gasteiger partial charge is 0.156 e. The van der Waals surface area contributed by atoms with Crippen molar-refractivity contribution in [2.75, 3.05) is 6.26 Å². The third kappa shape index (κ3) is 6.92. The SMILES string of the molecule is CC1CCC(S(=O)(=O)C2CCC(S)CC2)CC1.CSC1CCC(C)CC1. The Kier molecular flexibility index (Phi) is 9.70. The molecule has 3 aliphatic rings. The molecule has 0 atom stereocenters. The highest BCUT2D eigenvalue weighted by Gasteiger charge is 2.37. The molecule has 3 saturated carbocycles. The summed E-state index contributed by atoms with van der Waals surface area (Å²) >= 11 is 6.49. The number of thiol groups is 1. The van der Waals surface area contributed by atoms with Crippen LogP contribution in [0.2, 0.25) is 0 Å². The second-order valence-corrected chi connectivity index (χ2v) is 13.4. The van der Waals surface area contributed by atoms with Crippen LogP contribution >= 0.6 is 24.4 Å². The molecule has 0 saturated heterocycles. The highest BCUT2D eigenvalue weighted by Crippen LogP contribution is 2.35. The highest BCUT2D eigenvalue weighted by atomic mass is 32.2. The average Bonchev–Trinajstić information content (AvgIpc) is 2.64. The molecule has 0 N–H and O–H groups in total. The first-order chi connectivity index (χ1) is 12.3. The number of hydrogen-bond donors (Lipinski definition) is 1. The van der Waals surface area contributed by atoms with Gasteiger partial charge in [-0.1, -0.05) is 13.8 Å². The first kappa shape index (κ1) is 22.9. The van der Waals surface area contributed by atoms with E-state index in [-0.39, 0.29) is 10.5 Å². The number of rotatable bonds is 3. The summed E-state index contributed by atoms with van der Waals surface area (Å²) < 4.78 is 25.1. The minimum Gasteiger partial charge on any atom is -0.228 e. The lowest BCUT2D eigenvalue weighted by Gasteiger charge is -2.32. The zero-order valence-electron chi connectivity index (χ0n) is 17.0. The van der Waals surface area contributed by atoms with Crippen molar-refractivity contribution in [3.8, 4) is 0 Å². The first-order valence-corrected chi connectivity index (χ1v) is 14.2. The zero-order chi connectivity index (χ0) is 19.2. The van der Waals surface area contributed by atoms with E-state index in [1.54, 1.807) is 0 Å². The van der Waals surface area contributed by atoms with Crippen molar-refractivity contribution in [1.82, 2.24) is 0 Å². The summed E-state index contributed by atoms with van der Waals surface area (Å²) in [6.07, 6.45) is 15.7. The molecule has 0 spiro atoms. The molecular formula is C21H40O2S3. The fourth-order valence-electron chi connectivity index (χ4n) is 4.67. The summed E-state index contributed by atoms with van der Waals surface area (Å²) in [6.45, 7) is 4.60. The van der Waals surface area contributed by atoms with Crippen molar-refractivity contribution >= 4 is 34.2 Å². The molecule has 3 fully saturated rings. The Morgan fingerprint density at radius 2 is 1.08 bits per heavy atom. The van der Waals surface area contributed by atoms with Crippen LogP contribution in [0.25, 0.3) is 0 Å². The molecule has 0 amide bonds. The van der Waals surface area contributed by atoms with Gasteiger partial charge in [-0.25, -0.2) is 8.42 Å². The molecule has 2 nitrogen and oxygen atoms in total. The highest BCUT2D eigenvalue weighted by molar-refractivity contribution is 7.99. The van der Waals surface area contributed by atoms with Crippen LogP contribution in [0.3, 0.4) is 0 Å². The van der Waals surface area contributed by atoms with Crippen molar-refractivity contribution in [1.29, 1.82) is 0 Å². The van der Waals surface area contributed by atoms with E-state index in [1.807, 2.05) is 11.8 Å². The number of hydrogen-bond acceptors (Lipinski definition) is 4. The molecule has 154 valence electrons. The van der Waals surface area contributed by atoms with Gasteiger partial charge in [0.05, 0.1) is 10.5 Å². The Morgan fingerprint density at radius 3 is 1.50 bits per heavy atom. The minimum absolute atomic E-state index is 0.0415. The molecule has 3 rings (SSSR count). The van der Waals surface area contributed by atoms with E-state index in [0.29, 0.717) is 5.25 Å². The Labute approximate surface area is 172 Å². The van der Waals surface area contributed by atoms with Crippen LogP contribution in [-0.2, 0) is 9.84 Å². The maximum absolute atomic E-state index is 12.5. The molecule has 0 bridgehead atoms. The van der Waals surface area contributed by atoms with Gasteiger partial charge in [0.2, 0.25) is 0 Å². The maximum Gasteiger partial charge on any atom is 0.156 e. The van der Waals surface area contributed by atoms with Crippen molar-refractivity contribution in [2.24, 2.45) is 11.8 Å². The van der Waals surface area contributed by atoms with E-state index in [0.717, 1.165) is 68.5 Å². The third-order valence-electron chi connectivity index (χ3n) is 6.83. The van der Waals surface area contributed by atoms with Gasteiger partial charge < -0.3 is 0 Å². The van der Waals surface area contributed by atoms with Gasteiger partial charge in [0.15, 0.2) is 9.84 Å². The molecular weight excluding hydrogens is 380 g/mol. The van der Waals surface area contributed by atoms with E-state index >= 15 is 0 Å². The normalized spacial score (nSPS) is 38.9. The molecule has 0 aromatic carbocycles. The van der Waals surface area contributed by atoms with Crippen LogP contribution in [-0.4, -0.2) is 35.7 Å². The molecule has 0 heterocycles. The predicted octanol–water partition coefficient (Wildman–Crippen LogP) is 6.15. The first-order valence-electron chi connectivity index (χ1n) is 10.8. The van der Waals surface area contributed by atoms with E-state index in [9.17, 15) is 8.42 Å². The monoisotopic (exact) mass is 420 g/mol. The second kappa shape index (κ2) is 11.0. The average molecular weight is 421 g/mol. The summed E-state index contributed by atoms with van der Waals surface area (Å²) in [7, 11) is -2.87. The van der Waals surface area contributed by atoms with Crippen molar-refractivity contribution in [3.05, 3.63) is 0 Å². The fourth-order valence-corrected chi connectivity index (χ4v) is 8.11. The third-order valence-corrected chi connectivity index (χ3v) is 11.3. The van der Waals surface area contributed by atoms with Crippen LogP contribution < -0.4 is 0 Å². The summed E-state index contributed by atoms with van der Waals surface area (Å²) in [5, 5.41) is 1.30. The van der Waals surface area contributed by atoms with Gasteiger partial charge in [0, 0.05) is 10.5 Å². The number of sulfone groups is 1. The molecule has 0 radical (unpaired) electrons. The zero-order valence-corrected chi connectivity index (χ0v) is 19.6. The molecule has 0 aromatic rings. The quantitative estimate of drug-likeness (QED) is 0.556. The fraction of sp³-hybridized carbons (Fsp3) is 1.00. The van der Waals surface area contributed by atoms with Gasteiger partial charge >= 0.3 is 0 Å². The summed E-state index contributed by atoms with van der Waals surface area (Å²) in [5.74, 6) is 1.73. The number of thioether (sulfide) groups is 1. The molecule has 0 aliphatic heterocycles. The van der Waals surface area contributed by atoms with E-state index in [1.165, 1.54) is 25.7 Å². The predicted molar refractivity (Wildman–Crippen MR) is 120 cm³/mol. The Hall–Kier alpha value is 0.650. The standard InChI is InChI=1S/C13H24O2S2.C8H16S/c1-10-2-6-12(7-3-10)17(14,15)13-8-4-11(16)5-9-13;1-7-3-5-8(9-2)6-4-7/h10-13,16H,2-9H2,1H3;7-8H,3-6H2,1-2H3. The topological polar surface area (TPSA) is 34.1 Å². The lowest BCUT2D eigenvalue weighted by molar-refractivity contribution is 0.377.